The van der Waals surface area contributed by atoms with Crippen LogP contribution in [0.25, 0.3) is 0 Å². The second-order valence-electron chi connectivity index (χ2n) is 4.93. The van der Waals surface area contributed by atoms with Crippen LogP contribution in [0.5, 0.6) is 0 Å². The average molecular weight is 372 g/mol. The molecule has 0 aliphatic carbocycles. The number of carbonyl (C=O) groups is 2. The Bertz CT molecular complexity index is 291. The molecule has 106 valence electrons. The van der Waals surface area contributed by atoms with E-state index in [1.165, 1.54) is 0 Å². The molecule has 0 rings (SSSR count). The highest BCUT2D eigenvalue weighted by Gasteiger charge is 2.30. The Morgan fingerprint density at radius 1 is 1.39 bits per heavy atom. The van der Waals surface area contributed by atoms with Crippen LogP contribution in [0.1, 0.15) is 40.0 Å². The number of unbranched alkanes of at least 4 members (excludes halogenated alkanes) is 1. The summed E-state index contributed by atoms with van der Waals surface area (Å²) < 4.78 is 6.23. The number of carbonyl (C=O) groups excluding carboxylic acids is 1. The Morgan fingerprint density at radius 2 is 1.94 bits per heavy atom. The number of nitrogens with zero attached hydrogens (tertiary/aromatic N) is 1. The molecule has 1 amide bonds. The molecule has 0 saturated carbocycles. The zero-order chi connectivity index (χ0) is 14.3. The van der Waals surface area contributed by atoms with Crippen molar-refractivity contribution in [3.8, 4) is 0 Å². The SMILES string of the molecule is CC(C)(C)OC(=O)N(I)C(CCCCN)C(=O)O. The van der Waals surface area contributed by atoms with Gasteiger partial charge in [-0.3, -0.25) is 0 Å². The van der Waals surface area contributed by atoms with Crippen LogP contribution < -0.4 is 5.73 Å². The molecule has 0 aromatic rings. The van der Waals surface area contributed by atoms with Crippen LogP contribution in [-0.4, -0.2) is 38.5 Å². The van der Waals surface area contributed by atoms with E-state index in [4.69, 9.17) is 15.6 Å². The second kappa shape index (κ2) is 7.78. The first-order chi connectivity index (χ1) is 8.19. The third-order valence-electron chi connectivity index (χ3n) is 2.06. The van der Waals surface area contributed by atoms with Crippen molar-refractivity contribution in [2.45, 2.75) is 51.7 Å². The van der Waals surface area contributed by atoms with Crippen molar-refractivity contribution < 1.29 is 19.4 Å². The van der Waals surface area contributed by atoms with E-state index in [-0.39, 0.29) is 0 Å². The van der Waals surface area contributed by atoms with Crippen molar-refractivity contribution in [2.24, 2.45) is 5.73 Å². The maximum atomic E-state index is 11.7. The number of hydrogen-bond acceptors (Lipinski definition) is 4. The molecule has 0 aliphatic rings. The molecule has 1 unspecified atom stereocenters. The van der Waals surface area contributed by atoms with E-state index >= 15 is 0 Å². The standard InChI is InChI=1S/C11H21IN2O4/c1-11(2,3)18-10(17)14(12)8(9(15)16)6-4-5-7-13/h8H,4-7,13H2,1-3H3,(H,15,16). The van der Waals surface area contributed by atoms with E-state index in [0.29, 0.717) is 19.4 Å². The lowest BCUT2D eigenvalue weighted by molar-refractivity contribution is -0.141. The van der Waals surface area contributed by atoms with Gasteiger partial charge in [-0.2, -0.15) is 0 Å². The molecule has 0 aromatic carbocycles. The largest absolute Gasteiger partial charge is 0.480 e. The maximum Gasteiger partial charge on any atom is 0.419 e. The van der Waals surface area contributed by atoms with Crippen LogP contribution in [0.3, 0.4) is 0 Å². The Morgan fingerprint density at radius 3 is 2.33 bits per heavy atom. The molecule has 0 spiro atoms. The van der Waals surface area contributed by atoms with Crippen LogP contribution in [0, 0.1) is 0 Å². The third-order valence-corrected chi connectivity index (χ3v) is 3.12. The molecule has 6 nitrogen and oxygen atoms in total. The van der Waals surface area contributed by atoms with Gasteiger partial charge in [0.2, 0.25) is 0 Å². The number of carboxylic acid groups (broad SMARTS) is 1. The molecule has 3 N–H and O–H groups in total. The van der Waals surface area contributed by atoms with Gasteiger partial charge in [-0.1, -0.05) is 0 Å². The molecule has 0 bridgehead atoms. The zero-order valence-corrected chi connectivity index (χ0v) is 13.1. The number of rotatable bonds is 6. The van der Waals surface area contributed by atoms with Gasteiger partial charge in [0.25, 0.3) is 0 Å². The molecule has 0 fully saturated rings. The van der Waals surface area contributed by atoms with Crippen molar-refractivity contribution in [2.75, 3.05) is 6.54 Å². The van der Waals surface area contributed by atoms with Crippen LogP contribution in [0.15, 0.2) is 0 Å². The summed E-state index contributed by atoms with van der Waals surface area (Å²) in [6.07, 6.45) is 1.14. The number of amides is 1. The van der Waals surface area contributed by atoms with E-state index in [1.807, 2.05) is 0 Å². The molecular weight excluding hydrogens is 351 g/mol. The van der Waals surface area contributed by atoms with E-state index in [0.717, 1.165) is 9.53 Å². The molecule has 0 heterocycles. The van der Waals surface area contributed by atoms with Gasteiger partial charge in [-0.25, -0.2) is 12.7 Å². The molecule has 0 radical (unpaired) electrons. The third kappa shape index (κ3) is 7.00. The number of nitrogens with two attached hydrogens (primary N) is 1. The van der Waals surface area contributed by atoms with E-state index in [2.05, 4.69) is 0 Å². The lowest BCUT2D eigenvalue weighted by atomic mass is 10.1. The highest BCUT2D eigenvalue weighted by molar-refractivity contribution is 14.1. The highest BCUT2D eigenvalue weighted by atomic mass is 127. The normalized spacial score (nSPS) is 12.9. The van der Waals surface area contributed by atoms with Crippen molar-refractivity contribution in [1.29, 1.82) is 0 Å². The molecule has 0 aliphatic heterocycles. The Hall–Kier alpha value is -0.570. The minimum atomic E-state index is -1.03. The van der Waals surface area contributed by atoms with Crippen molar-refractivity contribution >= 4 is 34.9 Å². The van der Waals surface area contributed by atoms with Crippen molar-refractivity contribution in [3.05, 3.63) is 0 Å². The summed E-state index contributed by atoms with van der Waals surface area (Å²) in [4.78, 5) is 22.9. The summed E-state index contributed by atoms with van der Waals surface area (Å²) in [5.74, 6) is -1.03. The fraction of sp³-hybridized carbons (Fsp3) is 0.818. The van der Waals surface area contributed by atoms with Crippen molar-refractivity contribution in [1.82, 2.24) is 3.11 Å². The van der Waals surface area contributed by atoms with Crippen LogP contribution in [-0.2, 0) is 9.53 Å². The lowest BCUT2D eigenvalue weighted by Gasteiger charge is -2.26. The van der Waals surface area contributed by atoms with E-state index in [1.54, 1.807) is 43.6 Å². The van der Waals surface area contributed by atoms with Crippen LogP contribution in [0.4, 0.5) is 4.79 Å². The Kier molecular flexibility index (Phi) is 7.53. The minimum Gasteiger partial charge on any atom is -0.480 e. The topological polar surface area (TPSA) is 92.9 Å². The first kappa shape index (κ1) is 17.4. The molecule has 7 heteroatoms. The smallest absolute Gasteiger partial charge is 0.419 e. The van der Waals surface area contributed by atoms with Gasteiger partial charge in [0, 0.05) is 0 Å². The summed E-state index contributed by atoms with van der Waals surface area (Å²) in [7, 11) is 0. The number of carboxylic acids is 1. The molecule has 0 saturated heterocycles. The first-order valence-corrected chi connectivity index (χ1v) is 6.76. The molecule has 18 heavy (non-hydrogen) atoms. The highest BCUT2D eigenvalue weighted by Crippen LogP contribution is 2.19. The fourth-order valence-corrected chi connectivity index (χ4v) is 1.86. The second-order valence-corrected chi connectivity index (χ2v) is 5.97. The van der Waals surface area contributed by atoms with Gasteiger partial charge in [0.1, 0.15) is 11.6 Å². The van der Waals surface area contributed by atoms with E-state index in [9.17, 15) is 9.59 Å². The molecule has 1 atom stereocenters. The summed E-state index contributed by atoms with van der Waals surface area (Å²) in [5, 5.41) is 9.10. The van der Waals surface area contributed by atoms with Gasteiger partial charge >= 0.3 is 12.1 Å². The number of ether oxygens (including phenoxy) is 1. The molecular formula is C11H21IN2O4. The van der Waals surface area contributed by atoms with Gasteiger partial charge in [-0.05, 0) is 46.6 Å². The predicted molar refractivity (Wildman–Crippen MR) is 76.4 cm³/mol. The van der Waals surface area contributed by atoms with E-state index < -0.39 is 23.7 Å². The zero-order valence-electron chi connectivity index (χ0n) is 11.0. The van der Waals surface area contributed by atoms with Gasteiger partial charge in [0.05, 0.1) is 22.9 Å². The number of aliphatic carboxylic acids is 1. The van der Waals surface area contributed by atoms with Gasteiger partial charge < -0.3 is 15.6 Å². The van der Waals surface area contributed by atoms with Gasteiger partial charge in [0.15, 0.2) is 0 Å². The van der Waals surface area contributed by atoms with Crippen LogP contribution >= 0.6 is 22.9 Å². The average Bonchev–Trinajstić information content (AvgIpc) is 2.20. The fourth-order valence-electron chi connectivity index (χ4n) is 1.25. The first-order valence-electron chi connectivity index (χ1n) is 5.80. The maximum absolute atomic E-state index is 11.7. The summed E-state index contributed by atoms with van der Waals surface area (Å²) >= 11 is 1.68. The lowest BCUT2D eigenvalue weighted by Crippen LogP contribution is -2.41. The summed E-state index contributed by atoms with van der Waals surface area (Å²) in [5.41, 5.74) is 4.72. The van der Waals surface area contributed by atoms with Gasteiger partial charge in [-0.15, -0.1) is 0 Å². The minimum absolute atomic E-state index is 0.370. The number of halogens is 1. The Balaban J connectivity index is 4.51. The number of hydrogen-bond donors (Lipinski definition) is 2. The van der Waals surface area contributed by atoms with Crippen molar-refractivity contribution in [3.63, 3.8) is 0 Å². The molecule has 0 aromatic heterocycles. The summed E-state index contributed by atoms with van der Waals surface area (Å²) in [6, 6.07) is -0.882. The quantitative estimate of drug-likeness (QED) is 0.424. The Labute approximate surface area is 121 Å². The predicted octanol–water partition coefficient (Wildman–Crippen LogP) is 2.16. The monoisotopic (exact) mass is 372 g/mol. The summed E-state index contributed by atoms with van der Waals surface area (Å²) in [6.45, 7) is 5.72. The van der Waals surface area contributed by atoms with Crippen LogP contribution in [0.2, 0.25) is 0 Å².